The summed E-state index contributed by atoms with van der Waals surface area (Å²) in [6.45, 7) is 2.99. The van der Waals surface area contributed by atoms with Crippen molar-refractivity contribution < 1.29 is 0 Å². The first-order valence-electron chi connectivity index (χ1n) is 5.47. The first kappa shape index (κ1) is 11.7. The van der Waals surface area contributed by atoms with E-state index in [1.807, 2.05) is 18.2 Å². The van der Waals surface area contributed by atoms with Gasteiger partial charge in [-0.1, -0.05) is 17.7 Å². The zero-order chi connectivity index (χ0) is 11.5. The first-order chi connectivity index (χ1) is 7.77. The lowest BCUT2D eigenvalue weighted by atomic mass is 10.3. The van der Waals surface area contributed by atoms with Gasteiger partial charge in [0.2, 0.25) is 0 Å². The molecule has 1 aromatic carbocycles. The quantitative estimate of drug-likeness (QED) is 0.760. The molecule has 2 nitrogen and oxygen atoms in total. The highest BCUT2D eigenvalue weighted by Crippen LogP contribution is 2.25. The summed E-state index contributed by atoms with van der Waals surface area (Å²) in [7, 11) is 0. The second-order valence-corrected chi connectivity index (χ2v) is 4.46. The van der Waals surface area contributed by atoms with Gasteiger partial charge in [-0.05, 0) is 25.5 Å². The van der Waals surface area contributed by atoms with Gasteiger partial charge in [-0.15, -0.1) is 11.6 Å². The van der Waals surface area contributed by atoms with Gasteiger partial charge in [0, 0.05) is 18.8 Å². The molecule has 0 N–H and O–H groups in total. The minimum Gasteiger partial charge on any atom is -0.327 e. The lowest BCUT2D eigenvalue weighted by Gasteiger charge is -2.05. The van der Waals surface area contributed by atoms with E-state index in [4.69, 9.17) is 23.2 Å². The van der Waals surface area contributed by atoms with Crippen molar-refractivity contribution in [3.05, 3.63) is 29.0 Å². The van der Waals surface area contributed by atoms with Gasteiger partial charge in [-0.3, -0.25) is 0 Å². The molecule has 2 rings (SSSR count). The van der Waals surface area contributed by atoms with Crippen molar-refractivity contribution in [1.82, 2.24) is 9.55 Å². The van der Waals surface area contributed by atoms with Crippen molar-refractivity contribution in [3.63, 3.8) is 0 Å². The monoisotopic (exact) mass is 256 g/mol. The Labute approximate surface area is 105 Å². The molecular weight excluding hydrogens is 243 g/mol. The Morgan fingerprint density at radius 3 is 2.88 bits per heavy atom. The second-order valence-electron chi connectivity index (χ2n) is 3.67. The summed E-state index contributed by atoms with van der Waals surface area (Å²) in [5.41, 5.74) is 2.01. The molecule has 1 heterocycles. The van der Waals surface area contributed by atoms with Crippen LogP contribution < -0.4 is 0 Å². The van der Waals surface area contributed by atoms with E-state index < -0.39 is 0 Å². The predicted molar refractivity (Wildman–Crippen MR) is 69.5 cm³/mol. The Balaban J connectivity index is 2.53. The fourth-order valence-corrected chi connectivity index (χ4v) is 2.35. The Morgan fingerprint density at radius 2 is 2.19 bits per heavy atom. The molecule has 0 aliphatic carbocycles. The number of fused-ring (bicyclic) bond motifs is 1. The van der Waals surface area contributed by atoms with Gasteiger partial charge in [-0.2, -0.15) is 0 Å². The van der Waals surface area contributed by atoms with Gasteiger partial charge in [0.1, 0.15) is 5.82 Å². The molecule has 16 heavy (non-hydrogen) atoms. The number of aromatic nitrogens is 2. The molecular formula is C12H14Cl2N2. The summed E-state index contributed by atoms with van der Waals surface area (Å²) < 4.78 is 2.17. The van der Waals surface area contributed by atoms with Gasteiger partial charge in [0.05, 0.1) is 16.1 Å². The number of halogens is 2. The van der Waals surface area contributed by atoms with Gasteiger partial charge in [-0.25, -0.2) is 4.98 Å². The normalized spacial score (nSPS) is 11.2. The first-order valence-corrected chi connectivity index (χ1v) is 6.38. The van der Waals surface area contributed by atoms with Gasteiger partial charge in [0.15, 0.2) is 0 Å². The van der Waals surface area contributed by atoms with E-state index in [-0.39, 0.29) is 0 Å². The number of para-hydroxylation sites is 1. The van der Waals surface area contributed by atoms with Gasteiger partial charge >= 0.3 is 0 Å². The van der Waals surface area contributed by atoms with Crippen LogP contribution in [0.25, 0.3) is 11.0 Å². The summed E-state index contributed by atoms with van der Waals surface area (Å²) in [6.07, 6.45) is 1.85. The summed E-state index contributed by atoms with van der Waals surface area (Å²) in [5.74, 6) is 1.74. The average molecular weight is 257 g/mol. The number of benzene rings is 1. The number of hydrogen-bond acceptors (Lipinski definition) is 1. The standard InChI is InChI=1S/C12H14Cl2N2/c1-2-16-11(7-4-8-13)15-10-6-3-5-9(14)12(10)16/h3,5-6H,2,4,7-8H2,1H3. The van der Waals surface area contributed by atoms with Crippen LogP contribution in [0.1, 0.15) is 19.2 Å². The highest BCUT2D eigenvalue weighted by atomic mass is 35.5. The molecule has 86 valence electrons. The maximum absolute atomic E-state index is 6.20. The Morgan fingerprint density at radius 1 is 1.38 bits per heavy atom. The van der Waals surface area contributed by atoms with Crippen LogP contribution in [0.15, 0.2) is 18.2 Å². The van der Waals surface area contributed by atoms with Crippen molar-refractivity contribution >= 4 is 34.2 Å². The second kappa shape index (κ2) is 5.07. The number of alkyl halides is 1. The molecule has 4 heteroatoms. The Hall–Kier alpha value is -0.730. The zero-order valence-corrected chi connectivity index (χ0v) is 10.7. The number of nitrogens with zero attached hydrogens (tertiary/aromatic N) is 2. The maximum Gasteiger partial charge on any atom is 0.109 e. The third-order valence-corrected chi connectivity index (χ3v) is 3.22. The van der Waals surface area contributed by atoms with E-state index in [0.29, 0.717) is 5.88 Å². The van der Waals surface area contributed by atoms with Gasteiger partial charge < -0.3 is 4.57 Å². The lowest BCUT2D eigenvalue weighted by Crippen LogP contribution is -2.02. The summed E-state index contributed by atoms with van der Waals surface area (Å²) in [6, 6.07) is 5.84. The van der Waals surface area contributed by atoms with Crippen molar-refractivity contribution in [1.29, 1.82) is 0 Å². The Bertz CT molecular complexity index is 491. The third-order valence-electron chi connectivity index (χ3n) is 2.65. The number of imidazole rings is 1. The van der Waals surface area contributed by atoms with Crippen LogP contribution in [0, 0.1) is 0 Å². The molecule has 0 aliphatic heterocycles. The van der Waals surface area contributed by atoms with Crippen molar-refractivity contribution in [2.24, 2.45) is 0 Å². The number of hydrogen-bond donors (Lipinski definition) is 0. The summed E-state index contributed by atoms with van der Waals surface area (Å²) in [4.78, 5) is 4.60. The molecule has 0 unspecified atom stereocenters. The zero-order valence-electron chi connectivity index (χ0n) is 9.21. The molecule has 0 atom stereocenters. The van der Waals surface area contributed by atoms with E-state index >= 15 is 0 Å². The molecule has 0 bridgehead atoms. The molecule has 0 saturated heterocycles. The largest absolute Gasteiger partial charge is 0.327 e. The molecule has 0 fully saturated rings. The summed E-state index contributed by atoms with van der Waals surface area (Å²) >= 11 is 11.9. The highest BCUT2D eigenvalue weighted by Gasteiger charge is 2.11. The molecule has 0 radical (unpaired) electrons. The van der Waals surface area contributed by atoms with Crippen LogP contribution in [-0.4, -0.2) is 15.4 Å². The molecule has 0 spiro atoms. The van der Waals surface area contributed by atoms with Crippen LogP contribution >= 0.6 is 23.2 Å². The van der Waals surface area contributed by atoms with Crippen LogP contribution in [0.4, 0.5) is 0 Å². The van der Waals surface area contributed by atoms with Crippen LogP contribution in [0.3, 0.4) is 0 Å². The topological polar surface area (TPSA) is 17.8 Å². The van der Waals surface area contributed by atoms with Crippen LogP contribution in [0.2, 0.25) is 5.02 Å². The van der Waals surface area contributed by atoms with E-state index in [1.54, 1.807) is 0 Å². The van der Waals surface area contributed by atoms with Crippen molar-refractivity contribution in [3.8, 4) is 0 Å². The Kier molecular flexibility index (Phi) is 3.72. The van der Waals surface area contributed by atoms with Crippen molar-refractivity contribution in [2.45, 2.75) is 26.3 Å². The minimum atomic E-state index is 0.667. The van der Waals surface area contributed by atoms with Crippen LogP contribution in [0.5, 0.6) is 0 Å². The average Bonchev–Trinajstić information content (AvgIpc) is 2.65. The van der Waals surface area contributed by atoms with E-state index in [0.717, 1.165) is 41.3 Å². The predicted octanol–water partition coefficient (Wildman–Crippen LogP) is 3.88. The molecule has 1 aromatic heterocycles. The smallest absolute Gasteiger partial charge is 0.109 e. The molecule has 0 aliphatic rings. The van der Waals surface area contributed by atoms with E-state index in [2.05, 4.69) is 16.5 Å². The number of rotatable bonds is 4. The minimum absolute atomic E-state index is 0.667. The van der Waals surface area contributed by atoms with Crippen LogP contribution in [-0.2, 0) is 13.0 Å². The summed E-state index contributed by atoms with van der Waals surface area (Å²) in [5, 5.41) is 0.768. The molecule has 0 amide bonds. The third kappa shape index (κ3) is 2.04. The highest BCUT2D eigenvalue weighted by molar-refractivity contribution is 6.35. The fourth-order valence-electron chi connectivity index (χ4n) is 1.95. The SMILES string of the molecule is CCn1c(CCCCl)nc2cccc(Cl)c21. The fraction of sp³-hybridized carbons (Fsp3) is 0.417. The number of aryl methyl sites for hydroxylation is 2. The lowest BCUT2D eigenvalue weighted by molar-refractivity contribution is 0.702. The van der Waals surface area contributed by atoms with Gasteiger partial charge in [0.25, 0.3) is 0 Å². The van der Waals surface area contributed by atoms with Crippen molar-refractivity contribution in [2.75, 3.05) is 5.88 Å². The van der Waals surface area contributed by atoms with E-state index in [9.17, 15) is 0 Å². The molecule has 0 saturated carbocycles. The molecule has 2 aromatic rings. The maximum atomic E-state index is 6.20. The van der Waals surface area contributed by atoms with E-state index in [1.165, 1.54) is 0 Å².